The molecule has 0 aliphatic rings. The van der Waals surface area contributed by atoms with Crippen LogP contribution < -0.4 is 4.72 Å². The Morgan fingerprint density at radius 1 is 1.33 bits per heavy atom. The number of hydrogen-bond acceptors (Lipinski definition) is 4. The first-order valence-corrected chi connectivity index (χ1v) is 10.4. The first-order chi connectivity index (χ1) is 9.90. The zero-order chi connectivity index (χ0) is 15.9. The van der Waals surface area contributed by atoms with Crippen LogP contribution in [0.3, 0.4) is 0 Å². The predicted molar refractivity (Wildman–Crippen MR) is 91.1 cm³/mol. The Bertz CT molecular complexity index is 516. The van der Waals surface area contributed by atoms with E-state index >= 15 is 0 Å². The van der Waals surface area contributed by atoms with Gasteiger partial charge in [0.25, 0.3) is 0 Å². The van der Waals surface area contributed by atoms with Crippen LogP contribution in [-0.4, -0.2) is 26.2 Å². The minimum Gasteiger partial charge on any atom is -0.395 e. The largest absolute Gasteiger partial charge is 0.395 e. The van der Waals surface area contributed by atoms with Gasteiger partial charge in [0, 0.05) is 6.04 Å². The Kier molecular flexibility index (Phi) is 8.41. The Morgan fingerprint density at radius 2 is 2.05 bits per heavy atom. The fourth-order valence-corrected chi connectivity index (χ4v) is 5.49. The summed E-state index contributed by atoms with van der Waals surface area (Å²) in [6.07, 6.45) is 5.52. The summed E-state index contributed by atoms with van der Waals surface area (Å²) < 4.78 is 28.2. The van der Waals surface area contributed by atoms with E-state index in [-0.39, 0.29) is 16.7 Å². The van der Waals surface area contributed by atoms with Crippen LogP contribution in [0.25, 0.3) is 0 Å². The molecule has 0 fully saturated rings. The number of aliphatic hydroxyl groups is 1. The lowest BCUT2D eigenvalue weighted by molar-refractivity contribution is 0.214. The molecular weight excluding hydrogens is 374 g/mol. The summed E-state index contributed by atoms with van der Waals surface area (Å²) in [6, 6.07) is 2.84. The van der Waals surface area contributed by atoms with Crippen LogP contribution in [0.4, 0.5) is 0 Å². The van der Waals surface area contributed by atoms with Gasteiger partial charge in [0.2, 0.25) is 10.0 Å². The highest BCUT2D eigenvalue weighted by atomic mass is 79.9. The summed E-state index contributed by atoms with van der Waals surface area (Å²) in [7, 11) is -3.55. The molecule has 0 spiro atoms. The SMILES string of the molecule is CCCCCC[C@@H](C)[C@@H](CO)NS(=O)(=O)c1ccc(Br)s1. The van der Waals surface area contributed by atoms with Gasteiger partial charge in [-0.25, -0.2) is 13.1 Å². The van der Waals surface area contributed by atoms with Gasteiger partial charge in [-0.05, 0) is 40.4 Å². The van der Waals surface area contributed by atoms with Crippen LogP contribution in [0.1, 0.15) is 46.0 Å². The molecular formula is C14H24BrNO3S2. The van der Waals surface area contributed by atoms with Crippen molar-refractivity contribution in [2.45, 2.75) is 56.2 Å². The topological polar surface area (TPSA) is 66.4 Å². The molecule has 0 unspecified atom stereocenters. The van der Waals surface area contributed by atoms with Gasteiger partial charge in [0.1, 0.15) is 4.21 Å². The highest BCUT2D eigenvalue weighted by Gasteiger charge is 2.24. The molecule has 21 heavy (non-hydrogen) atoms. The number of sulfonamides is 1. The van der Waals surface area contributed by atoms with Gasteiger partial charge in [-0.15, -0.1) is 11.3 Å². The quantitative estimate of drug-likeness (QED) is 0.590. The second-order valence-electron chi connectivity index (χ2n) is 5.30. The molecule has 1 rings (SSSR count). The zero-order valence-corrected chi connectivity index (χ0v) is 15.7. The minimum atomic E-state index is -3.55. The molecule has 7 heteroatoms. The summed E-state index contributed by atoms with van der Waals surface area (Å²) in [6.45, 7) is 3.97. The van der Waals surface area contributed by atoms with Gasteiger partial charge >= 0.3 is 0 Å². The lowest BCUT2D eigenvalue weighted by atomic mass is 9.96. The van der Waals surface area contributed by atoms with Crippen LogP contribution in [0, 0.1) is 5.92 Å². The van der Waals surface area contributed by atoms with Crippen LogP contribution in [0.5, 0.6) is 0 Å². The van der Waals surface area contributed by atoms with Gasteiger partial charge in [0.15, 0.2) is 0 Å². The minimum absolute atomic E-state index is 0.116. The Labute approximate surface area is 140 Å². The van der Waals surface area contributed by atoms with Crippen molar-refractivity contribution < 1.29 is 13.5 Å². The van der Waals surface area contributed by atoms with E-state index < -0.39 is 16.1 Å². The summed E-state index contributed by atoms with van der Waals surface area (Å²) in [5.74, 6) is 0.116. The monoisotopic (exact) mass is 397 g/mol. The van der Waals surface area contributed by atoms with E-state index in [1.165, 1.54) is 24.2 Å². The van der Waals surface area contributed by atoms with Gasteiger partial charge in [-0.3, -0.25) is 0 Å². The maximum Gasteiger partial charge on any atom is 0.250 e. The summed E-state index contributed by atoms with van der Waals surface area (Å²) in [5, 5.41) is 9.48. The molecule has 0 bridgehead atoms. The van der Waals surface area contributed by atoms with E-state index in [4.69, 9.17) is 0 Å². The van der Waals surface area contributed by atoms with Crippen molar-refractivity contribution in [3.8, 4) is 0 Å². The first-order valence-electron chi connectivity index (χ1n) is 7.29. The van der Waals surface area contributed by atoms with Crippen molar-refractivity contribution in [2.75, 3.05) is 6.61 Å². The number of rotatable bonds is 10. The number of halogens is 1. The maximum atomic E-state index is 12.3. The molecule has 0 saturated heterocycles. The van der Waals surface area contributed by atoms with Crippen molar-refractivity contribution in [3.63, 3.8) is 0 Å². The van der Waals surface area contributed by atoms with Crippen LogP contribution in [0.15, 0.2) is 20.1 Å². The smallest absolute Gasteiger partial charge is 0.250 e. The third-order valence-corrected chi connectivity index (χ3v) is 7.12. The molecule has 1 aromatic heterocycles. The van der Waals surface area contributed by atoms with Crippen LogP contribution in [-0.2, 0) is 10.0 Å². The lowest BCUT2D eigenvalue weighted by Gasteiger charge is -2.22. The average Bonchev–Trinajstić information content (AvgIpc) is 2.88. The summed E-state index contributed by atoms with van der Waals surface area (Å²) >= 11 is 4.43. The van der Waals surface area contributed by atoms with Crippen LogP contribution >= 0.6 is 27.3 Å². The maximum absolute atomic E-state index is 12.3. The lowest BCUT2D eigenvalue weighted by Crippen LogP contribution is -2.41. The number of unbranched alkanes of at least 4 members (excludes halogenated alkanes) is 3. The third kappa shape index (κ3) is 6.36. The van der Waals surface area contributed by atoms with Crippen molar-refractivity contribution in [1.29, 1.82) is 0 Å². The fraction of sp³-hybridized carbons (Fsp3) is 0.714. The molecule has 2 N–H and O–H groups in total. The molecule has 122 valence electrons. The standard InChI is InChI=1S/C14H24BrNO3S2/c1-3-4-5-6-7-11(2)12(10-17)16-21(18,19)14-9-8-13(15)20-14/h8-9,11-12,16-17H,3-7,10H2,1-2H3/t11-,12-/m1/s1. The average molecular weight is 398 g/mol. The van der Waals surface area contributed by atoms with Gasteiger partial charge in [-0.1, -0.05) is 39.5 Å². The normalized spacial score (nSPS) is 15.0. The zero-order valence-electron chi connectivity index (χ0n) is 12.5. The van der Waals surface area contributed by atoms with E-state index in [1.807, 2.05) is 6.92 Å². The van der Waals surface area contributed by atoms with Gasteiger partial charge in [-0.2, -0.15) is 0 Å². The van der Waals surface area contributed by atoms with E-state index in [0.717, 1.165) is 23.0 Å². The molecule has 2 atom stereocenters. The number of hydrogen-bond donors (Lipinski definition) is 2. The molecule has 0 aliphatic heterocycles. The predicted octanol–water partition coefficient (Wildman–Crippen LogP) is 3.76. The first kappa shape index (κ1) is 19.1. The summed E-state index contributed by atoms with van der Waals surface area (Å²) in [4.78, 5) is 0. The molecule has 0 aromatic carbocycles. The Morgan fingerprint density at radius 3 is 2.57 bits per heavy atom. The van der Waals surface area contributed by atoms with Crippen molar-refractivity contribution in [1.82, 2.24) is 4.72 Å². The van der Waals surface area contributed by atoms with E-state index in [1.54, 1.807) is 12.1 Å². The molecule has 0 amide bonds. The molecule has 1 aromatic rings. The molecule has 4 nitrogen and oxygen atoms in total. The van der Waals surface area contributed by atoms with Crippen LogP contribution in [0.2, 0.25) is 0 Å². The number of aliphatic hydroxyl groups excluding tert-OH is 1. The third-order valence-electron chi connectivity index (χ3n) is 3.52. The Hall–Kier alpha value is 0.0500. The molecule has 1 heterocycles. The van der Waals surface area contributed by atoms with Gasteiger partial charge in [0.05, 0.1) is 10.4 Å². The molecule has 0 saturated carbocycles. The molecule has 0 radical (unpaired) electrons. The van der Waals surface area contributed by atoms with Crippen molar-refractivity contribution in [3.05, 3.63) is 15.9 Å². The van der Waals surface area contributed by atoms with E-state index in [0.29, 0.717) is 0 Å². The van der Waals surface area contributed by atoms with Crippen molar-refractivity contribution >= 4 is 37.3 Å². The number of nitrogens with one attached hydrogen (secondary N) is 1. The highest BCUT2D eigenvalue weighted by Crippen LogP contribution is 2.26. The van der Waals surface area contributed by atoms with Gasteiger partial charge < -0.3 is 5.11 Å². The van der Waals surface area contributed by atoms with E-state index in [9.17, 15) is 13.5 Å². The Balaban J connectivity index is 2.60. The van der Waals surface area contributed by atoms with Crippen molar-refractivity contribution in [2.24, 2.45) is 5.92 Å². The fourth-order valence-electron chi connectivity index (χ4n) is 2.13. The highest BCUT2D eigenvalue weighted by molar-refractivity contribution is 9.11. The number of thiophene rings is 1. The van der Waals surface area contributed by atoms with E-state index in [2.05, 4.69) is 27.6 Å². The summed E-state index contributed by atoms with van der Waals surface area (Å²) in [5.41, 5.74) is 0. The molecule has 0 aliphatic carbocycles. The second kappa shape index (κ2) is 9.25. The second-order valence-corrected chi connectivity index (χ2v) is 9.70.